The fourth-order valence-electron chi connectivity index (χ4n) is 4.93. The van der Waals surface area contributed by atoms with Crippen molar-refractivity contribution in [3.63, 3.8) is 0 Å². The third kappa shape index (κ3) is 4.87. The van der Waals surface area contributed by atoms with Crippen molar-refractivity contribution in [3.05, 3.63) is 114 Å². The number of carbonyl (C=O) groups excluding carboxylic acids is 2. The quantitative estimate of drug-likeness (QED) is 0.0970. The molecule has 40 heavy (non-hydrogen) atoms. The Morgan fingerprint density at radius 3 is 2.12 bits per heavy atom. The monoisotopic (exact) mass is 546 g/mol. The molecule has 6 rings (SSSR count). The number of hydrogen-bond donors (Lipinski definition) is 0. The summed E-state index contributed by atoms with van der Waals surface area (Å²) in [6.45, 7) is 2.13. The lowest BCUT2D eigenvalue weighted by Crippen LogP contribution is -2.30. The van der Waals surface area contributed by atoms with Crippen LogP contribution >= 0.6 is 12.2 Å². The van der Waals surface area contributed by atoms with Crippen molar-refractivity contribution in [1.29, 1.82) is 0 Å². The van der Waals surface area contributed by atoms with Crippen LogP contribution in [0.1, 0.15) is 24.5 Å². The predicted octanol–water partition coefficient (Wildman–Crippen LogP) is 6.83. The Bertz CT molecular complexity index is 1730. The van der Waals surface area contributed by atoms with Gasteiger partial charge in [-0.25, -0.2) is 0 Å². The molecular formula is C33H26N2O4S. The number of nitrogens with zero attached hydrogens (tertiary/aromatic N) is 2. The largest absolute Gasteiger partial charge is 0.427 e. The maximum Gasteiger partial charge on any atom is 0.310 e. The Balaban J connectivity index is 1.17. The minimum Gasteiger partial charge on any atom is -0.427 e. The number of amides is 1. The molecule has 1 amide bonds. The summed E-state index contributed by atoms with van der Waals surface area (Å²) >= 11 is 5.35. The van der Waals surface area contributed by atoms with Crippen molar-refractivity contribution in [1.82, 2.24) is 9.47 Å². The van der Waals surface area contributed by atoms with E-state index in [1.54, 1.807) is 25.1 Å². The molecule has 6 nitrogen and oxygen atoms in total. The van der Waals surface area contributed by atoms with Gasteiger partial charge in [-0.3, -0.25) is 14.5 Å². The van der Waals surface area contributed by atoms with E-state index in [4.69, 9.17) is 21.7 Å². The number of para-hydroxylation sites is 2. The molecule has 1 aromatic heterocycles. The van der Waals surface area contributed by atoms with Crippen molar-refractivity contribution in [2.24, 2.45) is 0 Å². The number of fused-ring (bicyclic) bond motifs is 3. The third-order valence-electron chi connectivity index (χ3n) is 6.97. The van der Waals surface area contributed by atoms with E-state index in [1.807, 2.05) is 48.5 Å². The van der Waals surface area contributed by atoms with Gasteiger partial charge in [0.25, 0.3) is 11.1 Å². The van der Waals surface area contributed by atoms with Gasteiger partial charge in [-0.1, -0.05) is 67.6 Å². The molecule has 1 saturated heterocycles. The summed E-state index contributed by atoms with van der Waals surface area (Å²) in [5, 5.41) is 2.56. The van der Waals surface area contributed by atoms with Crippen LogP contribution in [0, 0.1) is 0 Å². The molecule has 5 aromatic rings. The molecule has 0 saturated carbocycles. The van der Waals surface area contributed by atoms with Crippen LogP contribution in [-0.4, -0.2) is 33.1 Å². The lowest BCUT2D eigenvalue weighted by atomic mass is 10.1. The van der Waals surface area contributed by atoms with Crippen LogP contribution in [0.2, 0.25) is 0 Å². The lowest BCUT2D eigenvalue weighted by molar-refractivity contribution is -0.134. The first-order valence-electron chi connectivity index (χ1n) is 13.2. The van der Waals surface area contributed by atoms with Crippen LogP contribution < -0.4 is 4.74 Å². The van der Waals surface area contributed by atoms with E-state index in [1.165, 1.54) is 15.7 Å². The number of aromatic nitrogens is 1. The van der Waals surface area contributed by atoms with Gasteiger partial charge in [0.1, 0.15) is 5.75 Å². The van der Waals surface area contributed by atoms with Gasteiger partial charge in [0.2, 0.25) is 0 Å². The van der Waals surface area contributed by atoms with Gasteiger partial charge < -0.3 is 14.0 Å². The van der Waals surface area contributed by atoms with Crippen LogP contribution in [0.15, 0.2) is 103 Å². The summed E-state index contributed by atoms with van der Waals surface area (Å²) in [6.07, 6.45) is 2.62. The first-order chi connectivity index (χ1) is 19.5. The molecule has 0 radical (unpaired) electrons. The number of benzene rings is 4. The van der Waals surface area contributed by atoms with Gasteiger partial charge in [-0.15, -0.1) is 0 Å². The fourth-order valence-corrected chi connectivity index (χ4v) is 5.20. The maximum atomic E-state index is 13.1. The van der Waals surface area contributed by atoms with Crippen molar-refractivity contribution < 1.29 is 19.1 Å². The number of carbonyl (C=O) groups is 2. The van der Waals surface area contributed by atoms with Crippen LogP contribution in [0.5, 0.6) is 5.75 Å². The minimum atomic E-state index is -0.279. The Hall–Kier alpha value is -4.75. The highest BCUT2D eigenvalue weighted by atomic mass is 32.1. The van der Waals surface area contributed by atoms with E-state index < -0.39 is 0 Å². The van der Waals surface area contributed by atoms with E-state index in [0.717, 1.165) is 27.8 Å². The Kier molecular flexibility index (Phi) is 6.88. The highest BCUT2D eigenvalue weighted by Gasteiger charge is 2.33. The molecule has 1 fully saturated rings. The average Bonchev–Trinajstić information content (AvgIpc) is 3.46. The third-order valence-corrected chi connectivity index (χ3v) is 7.27. The summed E-state index contributed by atoms with van der Waals surface area (Å²) in [6, 6.07) is 32.0. The molecule has 1 aliphatic rings. The van der Waals surface area contributed by atoms with Crippen molar-refractivity contribution >= 4 is 57.2 Å². The van der Waals surface area contributed by atoms with Crippen LogP contribution in [0.3, 0.4) is 0 Å². The van der Waals surface area contributed by atoms with Crippen LogP contribution in [0.4, 0.5) is 0 Å². The first kappa shape index (κ1) is 25.5. The maximum absolute atomic E-state index is 13.1. The normalized spacial score (nSPS) is 14.3. The second kappa shape index (κ2) is 10.8. The topological polar surface area (TPSA) is 60.8 Å². The van der Waals surface area contributed by atoms with E-state index in [-0.39, 0.29) is 22.8 Å². The highest BCUT2D eigenvalue weighted by molar-refractivity contribution is 7.80. The van der Waals surface area contributed by atoms with Crippen LogP contribution in [0.25, 0.3) is 33.6 Å². The molecule has 7 heteroatoms. The number of hydrogen-bond acceptors (Lipinski definition) is 5. The summed E-state index contributed by atoms with van der Waals surface area (Å²) < 4.78 is 13.1. The molecule has 0 atom stereocenters. The molecular weight excluding hydrogens is 520 g/mol. The Morgan fingerprint density at radius 2 is 1.50 bits per heavy atom. The van der Waals surface area contributed by atoms with E-state index >= 15 is 0 Å². The number of rotatable bonds is 7. The second-order valence-corrected chi connectivity index (χ2v) is 9.87. The number of thiocarbonyl (C=S) groups is 1. The number of ether oxygens (including phenoxy) is 2. The first-order valence-corrected chi connectivity index (χ1v) is 13.6. The molecule has 2 heterocycles. The number of esters is 1. The molecule has 0 N–H and O–H groups in total. The zero-order chi connectivity index (χ0) is 27.6. The van der Waals surface area contributed by atoms with E-state index in [2.05, 4.69) is 41.0 Å². The SMILES string of the molecule is CCC(=O)Oc1ccc(CCN2C(=O)C(=Cc3ccc(-n4c5ccccc5c5ccccc54)cc3)OC2=S)cc1. The van der Waals surface area contributed by atoms with Crippen molar-refractivity contribution in [3.8, 4) is 11.4 Å². The molecule has 4 aromatic carbocycles. The Labute approximate surface area is 237 Å². The van der Waals surface area contributed by atoms with Crippen molar-refractivity contribution in [2.75, 3.05) is 6.54 Å². The van der Waals surface area contributed by atoms with Gasteiger partial charge in [-0.2, -0.15) is 0 Å². The summed E-state index contributed by atoms with van der Waals surface area (Å²) in [4.78, 5) is 26.0. The van der Waals surface area contributed by atoms with Gasteiger partial charge in [0.05, 0.1) is 11.0 Å². The smallest absolute Gasteiger partial charge is 0.310 e. The predicted molar refractivity (Wildman–Crippen MR) is 160 cm³/mol. The van der Waals surface area contributed by atoms with Gasteiger partial charge >= 0.3 is 5.97 Å². The van der Waals surface area contributed by atoms with Gasteiger partial charge in [0, 0.05) is 29.4 Å². The van der Waals surface area contributed by atoms with Crippen LogP contribution in [-0.2, 0) is 20.7 Å². The zero-order valence-corrected chi connectivity index (χ0v) is 22.7. The van der Waals surface area contributed by atoms with E-state index in [0.29, 0.717) is 25.1 Å². The molecule has 0 aliphatic carbocycles. The molecule has 198 valence electrons. The molecule has 0 bridgehead atoms. The lowest BCUT2D eigenvalue weighted by Gasteiger charge is -2.12. The zero-order valence-electron chi connectivity index (χ0n) is 21.9. The Morgan fingerprint density at radius 1 is 0.875 bits per heavy atom. The van der Waals surface area contributed by atoms with Crippen molar-refractivity contribution in [2.45, 2.75) is 19.8 Å². The fraction of sp³-hybridized carbons (Fsp3) is 0.121. The summed E-state index contributed by atoms with van der Waals surface area (Å²) in [5.41, 5.74) is 5.15. The molecule has 0 spiro atoms. The molecule has 1 aliphatic heterocycles. The standard InChI is InChI=1S/C33H26N2O4S/c1-2-31(36)38-25-17-13-22(14-18-25)19-20-34-32(37)30(39-33(34)40)21-23-11-15-24(16-12-23)35-28-9-5-3-7-26(28)27-8-4-6-10-29(27)35/h3-18,21H,2,19-20H2,1H3. The molecule has 0 unspecified atom stereocenters. The minimum absolute atomic E-state index is 0.145. The summed E-state index contributed by atoms with van der Waals surface area (Å²) in [7, 11) is 0. The van der Waals surface area contributed by atoms with Gasteiger partial charge in [0.15, 0.2) is 5.76 Å². The average molecular weight is 547 g/mol. The second-order valence-electron chi connectivity index (χ2n) is 9.52. The highest BCUT2D eigenvalue weighted by Crippen LogP contribution is 2.32. The van der Waals surface area contributed by atoms with Gasteiger partial charge in [-0.05, 0) is 72.2 Å². The van der Waals surface area contributed by atoms with E-state index in [9.17, 15) is 9.59 Å². The summed E-state index contributed by atoms with van der Waals surface area (Å²) in [5.74, 6) is 0.168.